The van der Waals surface area contributed by atoms with Crippen LogP contribution in [0.1, 0.15) is 23.6 Å². The molecule has 2 aliphatic rings. The highest BCUT2D eigenvalue weighted by Crippen LogP contribution is 2.38. The van der Waals surface area contributed by atoms with Gasteiger partial charge in [0.2, 0.25) is 23.8 Å². The Labute approximate surface area is 204 Å². The predicted molar refractivity (Wildman–Crippen MR) is 121 cm³/mol. The number of amides is 1. The molecule has 36 heavy (non-hydrogen) atoms. The molecule has 2 heterocycles. The Hall–Kier alpha value is -3.88. The fourth-order valence-electron chi connectivity index (χ4n) is 3.74. The zero-order chi connectivity index (χ0) is 26.3. The number of methoxy groups -OCH3 is 1. The maximum Gasteiger partial charge on any atom is 0.490 e. The third kappa shape index (κ3) is 7.07. The van der Waals surface area contributed by atoms with Gasteiger partial charge in [-0.2, -0.15) is 28.1 Å². The average molecular weight is 513 g/mol. The molecule has 12 nitrogen and oxygen atoms in total. The summed E-state index contributed by atoms with van der Waals surface area (Å²) in [5.74, 6) is -0.927. The van der Waals surface area contributed by atoms with Crippen molar-refractivity contribution >= 4 is 29.7 Å². The number of nitrogen functional groups attached to an aromatic ring is 1. The van der Waals surface area contributed by atoms with Crippen molar-refractivity contribution < 1.29 is 37.3 Å². The van der Waals surface area contributed by atoms with E-state index < -0.39 is 12.1 Å². The van der Waals surface area contributed by atoms with Crippen LogP contribution >= 0.6 is 0 Å². The first-order valence-corrected chi connectivity index (χ1v) is 10.9. The van der Waals surface area contributed by atoms with Gasteiger partial charge in [0.05, 0.1) is 19.8 Å². The molecule has 1 aliphatic carbocycles. The number of morpholine rings is 1. The number of carboxylic acid groups (broad SMARTS) is 1. The largest absolute Gasteiger partial charge is 0.496 e. The summed E-state index contributed by atoms with van der Waals surface area (Å²) in [5, 5.41) is 13.6. The Morgan fingerprint density at radius 3 is 2.69 bits per heavy atom. The second kappa shape index (κ2) is 11.7. The van der Waals surface area contributed by atoms with E-state index >= 15 is 0 Å². The maximum atomic E-state index is 11.8. The molecule has 1 aliphatic heterocycles. The zero-order valence-electron chi connectivity index (χ0n) is 19.3. The number of carboxylic acids is 1. The van der Waals surface area contributed by atoms with Crippen molar-refractivity contribution in [3.8, 4) is 5.75 Å². The van der Waals surface area contributed by atoms with Gasteiger partial charge in [-0.1, -0.05) is 12.1 Å². The molecule has 1 unspecified atom stereocenters. The Morgan fingerprint density at radius 1 is 1.31 bits per heavy atom. The van der Waals surface area contributed by atoms with Gasteiger partial charge >= 0.3 is 12.1 Å². The van der Waals surface area contributed by atoms with Crippen LogP contribution in [0.4, 0.5) is 31.0 Å². The number of aromatic nitrogens is 3. The van der Waals surface area contributed by atoms with Crippen molar-refractivity contribution in [3.63, 3.8) is 0 Å². The number of aliphatic carboxylic acids is 1. The topological polar surface area (TPSA) is 165 Å². The van der Waals surface area contributed by atoms with Crippen LogP contribution in [0.3, 0.4) is 0 Å². The van der Waals surface area contributed by atoms with Crippen molar-refractivity contribution in [2.24, 2.45) is 0 Å². The predicted octanol–water partition coefficient (Wildman–Crippen LogP) is 1.47. The summed E-state index contributed by atoms with van der Waals surface area (Å²) < 4.78 is 42.3. The summed E-state index contributed by atoms with van der Waals surface area (Å²) in [6.07, 6.45) is -3.24. The van der Waals surface area contributed by atoms with Gasteiger partial charge in [-0.15, -0.1) is 0 Å². The van der Waals surface area contributed by atoms with Gasteiger partial charge in [-0.05, 0) is 30.0 Å². The highest BCUT2D eigenvalue weighted by atomic mass is 19.4. The van der Waals surface area contributed by atoms with Crippen LogP contribution in [0.5, 0.6) is 5.75 Å². The second-order valence-electron chi connectivity index (χ2n) is 7.77. The molecule has 15 heteroatoms. The number of anilines is 3. The van der Waals surface area contributed by atoms with Crippen molar-refractivity contribution in [2.45, 2.75) is 25.1 Å². The molecule has 196 valence electrons. The van der Waals surface area contributed by atoms with Crippen molar-refractivity contribution in [3.05, 3.63) is 29.3 Å². The number of rotatable bonds is 7. The van der Waals surface area contributed by atoms with E-state index in [-0.39, 0.29) is 24.5 Å². The molecule has 5 N–H and O–H groups in total. The van der Waals surface area contributed by atoms with E-state index in [4.69, 9.17) is 25.1 Å². The number of benzene rings is 1. The smallest absolute Gasteiger partial charge is 0.490 e. The van der Waals surface area contributed by atoms with E-state index in [9.17, 15) is 18.0 Å². The van der Waals surface area contributed by atoms with Gasteiger partial charge in [0.1, 0.15) is 12.4 Å². The highest BCUT2D eigenvalue weighted by Gasteiger charge is 2.38. The monoisotopic (exact) mass is 513 g/mol. The summed E-state index contributed by atoms with van der Waals surface area (Å²) in [6.45, 7) is 2.36. The Bertz CT molecular complexity index is 1090. The van der Waals surface area contributed by atoms with Crippen LogP contribution in [0, 0.1) is 0 Å². The molecular formula is C21H26F3N7O5. The lowest BCUT2D eigenvalue weighted by Gasteiger charge is -2.26. The Morgan fingerprint density at radius 2 is 2.03 bits per heavy atom. The number of fused-ring (bicyclic) bond motifs is 1. The first-order valence-electron chi connectivity index (χ1n) is 10.9. The minimum atomic E-state index is -5.08. The van der Waals surface area contributed by atoms with Gasteiger partial charge in [0, 0.05) is 19.6 Å². The molecule has 0 spiro atoms. The molecule has 0 bridgehead atoms. The lowest BCUT2D eigenvalue weighted by Crippen LogP contribution is -2.43. The zero-order valence-corrected chi connectivity index (χ0v) is 19.3. The van der Waals surface area contributed by atoms with Gasteiger partial charge < -0.3 is 35.8 Å². The number of halogens is 3. The molecular weight excluding hydrogens is 487 g/mol. The number of alkyl halides is 3. The van der Waals surface area contributed by atoms with Crippen molar-refractivity contribution in [1.82, 2.24) is 19.9 Å². The highest BCUT2D eigenvalue weighted by molar-refractivity contribution is 5.78. The van der Waals surface area contributed by atoms with Crippen molar-refractivity contribution in [1.29, 1.82) is 0 Å². The fraction of sp³-hybridized carbons (Fsp3) is 0.476. The Kier molecular flexibility index (Phi) is 8.68. The SMILES string of the molecule is COc1cccc2c1CCC2Nc1nc(N)nc(NCCN2CCOCC2=O)n1.O=C(O)C(F)(F)F. The van der Waals surface area contributed by atoms with Gasteiger partial charge in [-0.25, -0.2) is 4.79 Å². The molecule has 0 radical (unpaired) electrons. The van der Waals surface area contributed by atoms with E-state index in [2.05, 4.69) is 31.7 Å². The van der Waals surface area contributed by atoms with Crippen LogP contribution in [0.2, 0.25) is 0 Å². The molecule has 1 fully saturated rings. The van der Waals surface area contributed by atoms with E-state index in [0.717, 1.165) is 18.6 Å². The third-order valence-corrected chi connectivity index (χ3v) is 5.39. The molecule has 1 aromatic carbocycles. The van der Waals surface area contributed by atoms with Crippen LogP contribution in [-0.4, -0.2) is 83.0 Å². The number of hydrogen-bond donors (Lipinski definition) is 4. The molecule has 1 amide bonds. The molecule has 1 atom stereocenters. The first-order chi connectivity index (χ1) is 17.1. The number of nitrogens with two attached hydrogens (primary N) is 1. The summed E-state index contributed by atoms with van der Waals surface area (Å²) >= 11 is 0. The number of nitrogens with one attached hydrogen (secondary N) is 2. The maximum absolute atomic E-state index is 11.8. The minimum absolute atomic E-state index is 0.00843. The molecule has 2 aromatic rings. The number of nitrogens with zero attached hydrogens (tertiary/aromatic N) is 4. The summed E-state index contributed by atoms with van der Waals surface area (Å²) in [5.41, 5.74) is 8.26. The van der Waals surface area contributed by atoms with Crippen LogP contribution in [0.15, 0.2) is 18.2 Å². The number of hydrogen-bond acceptors (Lipinski definition) is 10. The van der Waals surface area contributed by atoms with Crippen molar-refractivity contribution in [2.75, 3.05) is 56.3 Å². The number of carbonyl (C=O) groups is 2. The van der Waals surface area contributed by atoms with Gasteiger partial charge in [-0.3, -0.25) is 4.79 Å². The molecule has 4 rings (SSSR count). The second-order valence-corrected chi connectivity index (χ2v) is 7.77. The first kappa shape index (κ1) is 26.7. The van der Waals surface area contributed by atoms with E-state index in [1.54, 1.807) is 12.0 Å². The molecule has 1 saturated heterocycles. The standard InChI is InChI=1S/C19H25N7O3.C2HF3O2/c1-28-15-4-2-3-12-13(15)5-6-14(12)22-19-24-17(20)23-18(25-19)21-7-8-26-9-10-29-11-16(26)27;3-2(4,5)1(6)7/h2-4,14H,5-11H2,1H3,(H4,20,21,22,23,24,25);(H,6,7). The fourth-order valence-corrected chi connectivity index (χ4v) is 3.74. The van der Waals surface area contributed by atoms with Gasteiger partial charge in [0.25, 0.3) is 0 Å². The summed E-state index contributed by atoms with van der Waals surface area (Å²) in [7, 11) is 1.69. The van der Waals surface area contributed by atoms with E-state index in [1.165, 1.54) is 11.1 Å². The summed E-state index contributed by atoms with van der Waals surface area (Å²) in [4.78, 5) is 35.2. The Balaban J connectivity index is 0.000000454. The molecule has 1 aromatic heterocycles. The van der Waals surface area contributed by atoms with E-state index in [1.807, 2.05) is 12.1 Å². The quantitative estimate of drug-likeness (QED) is 0.424. The molecule has 0 saturated carbocycles. The van der Waals surface area contributed by atoms with Gasteiger partial charge in [0.15, 0.2) is 0 Å². The average Bonchev–Trinajstić information content (AvgIpc) is 3.22. The third-order valence-electron chi connectivity index (χ3n) is 5.39. The lowest BCUT2D eigenvalue weighted by molar-refractivity contribution is -0.192. The minimum Gasteiger partial charge on any atom is -0.496 e. The number of carbonyl (C=O) groups excluding carboxylic acids is 1. The van der Waals surface area contributed by atoms with Crippen LogP contribution in [0.25, 0.3) is 0 Å². The summed E-state index contributed by atoms with van der Waals surface area (Å²) in [6, 6.07) is 6.13. The normalized spacial score (nSPS) is 17.1. The van der Waals surface area contributed by atoms with E-state index in [0.29, 0.717) is 38.1 Å². The number of ether oxygens (including phenoxy) is 2. The van der Waals surface area contributed by atoms with Crippen LogP contribution in [-0.2, 0) is 20.7 Å². The lowest BCUT2D eigenvalue weighted by atomic mass is 10.1. The van der Waals surface area contributed by atoms with Crippen LogP contribution < -0.4 is 21.1 Å².